The Labute approximate surface area is 156 Å². The smallest absolute Gasteiger partial charge is 1.00 e. The summed E-state index contributed by atoms with van der Waals surface area (Å²) in [7, 11) is 0. The number of anilines is 2. The second kappa shape index (κ2) is 10.9. The van der Waals surface area contributed by atoms with E-state index in [-0.39, 0.29) is 62.0 Å². The first kappa shape index (κ1) is 18.0. The summed E-state index contributed by atoms with van der Waals surface area (Å²) in [5, 5.41) is 6.70. The predicted octanol–water partition coefficient (Wildman–Crippen LogP) is -2.56. The van der Waals surface area contributed by atoms with Gasteiger partial charge in [-0.05, 0) is 24.3 Å². The molecule has 0 bridgehead atoms. The molecule has 0 radical (unpaired) electrons. The fourth-order valence-corrected chi connectivity index (χ4v) is 1.53. The Morgan fingerprint density at radius 1 is 0.611 bits per heavy atom. The van der Waals surface area contributed by atoms with E-state index in [4.69, 9.17) is 0 Å². The van der Waals surface area contributed by atoms with Gasteiger partial charge in [-0.25, -0.2) is 0 Å². The van der Waals surface area contributed by atoms with Gasteiger partial charge in [0.25, 0.3) is 0 Å². The van der Waals surface area contributed by atoms with Gasteiger partial charge in [0.15, 0.2) is 0 Å². The van der Waals surface area contributed by atoms with E-state index in [1.54, 1.807) is 0 Å². The first-order valence-electron chi connectivity index (χ1n) is 5.53. The summed E-state index contributed by atoms with van der Waals surface area (Å²) in [6, 6.07) is 20.5. The number of para-hydroxylation sites is 2. The van der Waals surface area contributed by atoms with Crippen molar-refractivity contribution >= 4 is 11.4 Å². The van der Waals surface area contributed by atoms with Crippen molar-refractivity contribution < 1.29 is 62.0 Å². The fraction of sp³-hybridized carbons (Fsp3) is 0.143. The van der Waals surface area contributed by atoms with Gasteiger partial charge in [-0.2, -0.15) is 0 Å². The summed E-state index contributed by atoms with van der Waals surface area (Å²) in [6.45, 7) is 1.83. The van der Waals surface area contributed by atoms with Gasteiger partial charge in [-0.3, -0.25) is 0 Å². The maximum Gasteiger partial charge on any atom is 1.00 e. The molecule has 4 heteroatoms. The van der Waals surface area contributed by atoms with Crippen LogP contribution in [0.4, 0.5) is 11.4 Å². The van der Waals surface area contributed by atoms with Crippen molar-refractivity contribution in [2.75, 3.05) is 23.7 Å². The van der Waals surface area contributed by atoms with E-state index in [2.05, 4.69) is 34.9 Å². The van der Waals surface area contributed by atoms with Gasteiger partial charge in [0, 0.05) is 24.5 Å². The molecule has 0 unspecified atom stereocenters. The minimum atomic E-state index is 0. The van der Waals surface area contributed by atoms with E-state index < -0.39 is 0 Å². The Morgan fingerprint density at radius 3 is 1.28 bits per heavy atom. The van der Waals surface area contributed by atoms with E-state index in [1.165, 1.54) is 0 Å². The second-order valence-corrected chi connectivity index (χ2v) is 3.59. The summed E-state index contributed by atoms with van der Waals surface area (Å²) in [5.74, 6) is 0. The van der Waals surface area contributed by atoms with Crippen LogP contribution in [-0.4, -0.2) is 13.1 Å². The van der Waals surface area contributed by atoms with Crippen molar-refractivity contribution in [2.45, 2.75) is 0 Å². The van der Waals surface area contributed by atoms with Crippen LogP contribution in [0, 0.1) is 0 Å². The standard InChI is InChI=1S/C14H16N2.2Na.2H/c1-3-7-13(8-4-1)15-11-12-16-14-9-5-2-6-10-14;;;;/h1-10,15-16H,11-12H2;;;;/q;2*+1;2*-1. The zero-order valence-electron chi connectivity index (χ0n) is 13.2. The van der Waals surface area contributed by atoms with Gasteiger partial charge in [-0.15, -0.1) is 0 Å². The summed E-state index contributed by atoms with van der Waals surface area (Å²) in [5.41, 5.74) is 2.33. The van der Waals surface area contributed by atoms with Crippen LogP contribution in [0.25, 0.3) is 0 Å². The molecular weight excluding hydrogens is 242 g/mol. The molecule has 0 saturated carbocycles. The Bertz CT molecular complexity index is 375. The molecule has 2 rings (SSSR count). The average molecular weight is 260 g/mol. The van der Waals surface area contributed by atoms with E-state index in [1.807, 2.05) is 36.4 Å². The van der Waals surface area contributed by atoms with Crippen molar-refractivity contribution in [3.63, 3.8) is 0 Å². The van der Waals surface area contributed by atoms with Crippen LogP contribution >= 0.6 is 0 Å². The molecule has 0 spiro atoms. The molecule has 0 atom stereocenters. The minimum Gasteiger partial charge on any atom is -1.00 e. The molecule has 0 heterocycles. The van der Waals surface area contributed by atoms with E-state index in [0.29, 0.717) is 0 Å². The maximum atomic E-state index is 3.35. The monoisotopic (exact) mass is 260 g/mol. The molecule has 0 aromatic heterocycles. The third-order valence-electron chi connectivity index (χ3n) is 2.33. The largest absolute Gasteiger partial charge is 1.00 e. The van der Waals surface area contributed by atoms with E-state index in [0.717, 1.165) is 24.5 Å². The summed E-state index contributed by atoms with van der Waals surface area (Å²) < 4.78 is 0. The Balaban J connectivity index is -0.000000722. The Kier molecular flexibility index (Phi) is 10.9. The Morgan fingerprint density at radius 2 is 0.944 bits per heavy atom. The molecular formula is C14H18N2Na2. The van der Waals surface area contributed by atoms with Crippen LogP contribution in [0.2, 0.25) is 0 Å². The molecule has 2 aromatic rings. The molecule has 0 aliphatic heterocycles. The number of benzene rings is 2. The Hall–Kier alpha value is 0.0400. The third-order valence-corrected chi connectivity index (χ3v) is 2.33. The van der Waals surface area contributed by atoms with Crippen LogP contribution in [0.1, 0.15) is 2.85 Å². The predicted molar refractivity (Wildman–Crippen MR) is 72.1 cm³/mol. The average Bonchev–Trinajstić information content (AvgIpc) is 2.37. The van der Waals surface area contributed by atoms with Gasteiger partial charge < -0.3 is 13.5 Å². The van der Waals surface area contributed by atoms with Crippen molar-refractivity contribution in [1.29, 1.82) is 0 Å². The number of rotatable bonds is 5. The minimum absolute atomic E-state index is 0. The van der Waals surface area contributed by atoms with Gasteiger partial charge in [0.2, 0.25) is 0 Å². The van der Waals surface area contributed by atoms with E-state index >= 15 is 0 Å². The molecule has 2 N–H and O–H groups in total. The molecule has 0 fully saturated rings. The van der Waals surface area contributed by atoms with E-state index in [9.17, 15) is 0 Å². The molecule has 86 valence electrons. The summed E-state index contributed by atoms with van der Waals surface area (Å²) in [4.78, 5) is 0. The van der Waals surface area contributed by atoms with Crippen LogP contribution < -0.4 is 69.7 Å². The maximum absolute atomic E-state index is 3.35. The molecule has 0 aliphatic carbocycles. The fourth-order valence-electron chi connectivity index (χ4n) is 1.53. The van der Waals surface area contributed by atoms with Crippen molar-refractivity contribution in [3.05, 3.63) is 60.7 Å². The topological polar surface area (TPSA) is 24.1 Å². The van der Waals surface area contributed by atoms with Gasteiger partial charge >= 0.3 is 59.1 Å². The van der Waals surface area contributed by atoms with Crippen LogP contribution in [0.3, 0.4) is 0 Å². The van der Waals surface area contributed by atoms with Crippen LogP contribution in [0.5, 0.6) is 0 Å². The number of hydrogen-bond acceptors (Lipinski definition) is 2. The van der Waals surface area contributed by atoms with Gasteiger partial charge in [-0.1, -0.05) is 36.4 Å². The second-order valence-electron chi connectivity index (χ2n) is 3.59. The normalized spacial score (nSPS) is 8.67. The molecule has 0 amide bonds. The summed E-state index contributed by atoms with van der Waals surface area (Å²) >= 11 is 0. The van der Waals surface area contributed by atoms with Crippen molar-refractivity contribution in [1.82, 2.24) is 0 Å². The number of nitrogens with one attached hydrogen (secondary N) is 2. The quantitative estimate of drug-likeness (QED) is 0.457. The molecule has 2 nitrogen and oxygen atoms in total. The SMILES string of the molecule is [H-].[H-].[Na+].[Na+].c1ccc(NCCNc2ccccc2)cc1. The molecule has 0 aliphatic rings. The van der Waals surface area contributed by atoms with Crippen molar-refractivity contribution in [2.24, 2.45) is 0 Å². The molecule has 2 aromatic carbocycles. The zero-order valence-corrected chi connectivity index (χ0v) is 15.2. The number of hydrogen-bond donors (Lipinski definition) is 2. The zero-order chi connectivity index (χ0) is 11.1. The van der Waals surface area contributed by atoms with Gasteiger partial charge in [0.1, 0.15) is 0 Å². The summed E-state index contributed by atoms with van der Waals surface area (Å²) in [6.07, 6.45) is 0. The first-order valence-corrected chi connectivity index (χ1v) is 5.53. The molecule has 18 heavy (non-hydrogen) atoms. The van der Waals surface area contributed by atoms with Gasteiger partial charge in [0.05, 0.1) is 0 Å². The van der Waals surface area contributed by atoms with Crippen LogP contribution in [0.15, 0.2) is 60.7 Å². The van der Waals surface area contributed by atoms with Crippen molar-refractivity contribution in [3.8, 4) is 0 Å². The van der Waals surface area contributed by atoms with Crippen LogP contribution in [-0.2, 0) is 0 Å². The third kappa shape index (κ3) is 6.83. The molecule has 0 saturated heterocycles. The first-order chi connectivity index (χ1) is 7.95.